The van der Waals surface area contributed by atoms with Crippen LogP contribution in [0.4, 0.5) is 0 Å². The summed E-state index contributed by atoms with van der Waals surface area (Å²) < 4.78 is 1.12. The summed E-state index contributed by atoms with van der Waals surface area (Å²) in [5, 5.41) is 5.19. The number of amidine groups is 1. The summed E-state index contributed by atoms with van der Waals surface area (Å²) in [7, 11) is 0. The third-order valence-electron chi connectivity index (χ3n) is 2.68. The lowest BCUT2D eigenvalue weighted by molar-refractivity contribution is 0.753. The van der Waals surface area contributed by atoms with Crippen molar-refractivity contribution in [3.63, 3.8) is 0 Å². The number of rotatable bonds is 4. The zero-order valence-electron chi connectivity index (χ0n) is 9.95. The van der Waals surface area contributed by atoms with Crippen LogP contribution in [0.1, 0.15) is 25.3 Å². The first kappa shape index (κ1) is 13.0. The molecule has 0 aromatic heterocycles. The quantitative estimate of drug-likeness (QED) is 0.914. The first-order valence-corrected chi connectivity index (χ1v) is 7.64. The Balaban J connectivity index is 1.78. The maximum Gasteiger partial charge on any atom is 0.157 e. The number of aliphatic imine (C=N–C) groups is 1. The molecule has 17 heavy (non-hydrogen) atoms. The van der Waals surface area contributed by atoms with Crippen LogP contribution in [0.2, 0.25) is 0 Å². The van der Waals surface area contributed by atoms with Gasteiger partial charge in [-0.15, -0.1) is 0 Å². The first-order valence-electron chi connectivity index (χ1n) is 5.97. The second kappa shape index (κ2) is 6.45. The molecule has 4 heteroatoms. The minimum Gasteiger partial charge on any atom is -0.361 e. The van der Waals surface area contributed by atoms with Crippen molar-refractivity contribution in [1.29, 1.82) is 0 Å². The van der Waals surface area contributed by atoms with E-state index in [0.717, 1.165) is 22.7 Å². The Morgan fingerprint density at radius 2 is 2.18 bits per heavy atom. The van der Waals surface area contributed by atoms with E-state index < -0.39 is 0 Å². The van der Waals surface area contributed by atoms with Crippen LogP contribution in [0.5, 0.6) is 0 Å². The van der Waals surface area contributed by atoms with E-state index in [9.17, 15) is 0 Å². The molecule has 0 fully saturated rings. The fourth-order valence-corrected chi connectivity index (χ4v) is 3.15. The van der Waals surface area contributed by atoms with Gasteiger partial charge in [0.1, 0.15) is 0 Å². The molecule has 1 aromatic rings. The van der Waals surface area contributed by atoms with Gasteiger partial charge in [0.05, 0.1) is 6.54 Å². The summed E-state index contributed by atoms with van der Waals surface area (Å²) in [4.78, 5) is 4.53. The highest BCUT2D eigenvalue weighted by molar-refractivity contribution is 9.10. The summed E-state index contributed by atoms with van der Waals surface area (Å²) in [6.07, 6.45) is 2.50. The van der Waals surface area contributed by atoms with Gasteiger partial charge in [-0.25, -0.2) is 0 Å². The minimum absolute atomic E-state index is 0.687. The Hall–Kier alpha value is -0.480. The van der Waals surface area contributed by atoms with E-state index in [1.54, 1.807) is 0 Å². The van der Waals surface area contributed by atoms with Crippen molar-refractivity contribution in [2.24, 2.45) is 4.99 Å². The second-order valence-corrected chi connectivity index (χ2v) is 6.36. The molecule has 1 aliphatic heterocycles. The van der Waals surface area contributed by atoms with Gasteiger partial charge in [0.25, 0.3) is 0 Å². The third kappa shape index (κ3) is 4.03. The third-order valence-corrected chi connectivity index (χ3v) is 4.43. The van der Waals surface area contributed by atoms with Crippen LogP contribution >= 0.6 is 27.7 Å². The van der Waals surface area contributed by atoms with Crippen LogP contribution in [0, 0.1) is 0 Å². The van der Waals surface area contributed by atoms with Gasteiger partial charge >= 0.3 is 0 Å². The van der Waals surface area contributed by atoms with E-state index >= 15 is 0 Å². The fourth-order valence-electron chi connectivity index (χ4n) is 1.77. The van der Waals surface area contributed by atoms with Crippen molar-refractivity contribution >= 4 is 32.9 Å². The van der Waals surface area contributed by atoms with Gasteiger partial charge in [-0.3, -0.25) is 4.99 Å². The smallest absolute Gasteiger partial charge is 0.157 e. The number of nitrogens with one attached hydrogen (secondary N) is 1. The molecule has 1 atom stereocenters. The fraction of sp³-hybridized carbons (Fsp3) is 0.462. The van der Waals surface area contributed by atoms with E-state index in [0.29, 0.717) is 5.25 Å². The molecule has 1 unspecified atom stereocenters. The van der Waals surface area contributed by atoms with Crippen LogP contribution in [0.3, 0.4) is 0 Å². The molecule has 1 heterocycles. The summed E-state index contributed by atoms with van der Waals surface area (Å²) in [6.45, 7) is 4.06. The molecule has 1 aromatic carbocycles. The molecule has 0 spiro atoms. The lowest BCUT2D eigenvalue weighted by Gasteiger charge is -2.08. The topological polar surface area (TPSA) is 24.4 Å². The van der Waals surface area contributed by atoms with Crippen molar-refractivity contribution in [2.75, 3.05) is 6.54 Å². The molecule has 2 rings (SSSR count). The highest BCUT2D eigenvalue weighted by atomic mass is 79.9. The van der Waals surface area contributed by atoms with E-state index in [2.05, 4.69) is 57.4 Å². The van der Waals surface area contributed by atoms with E-state index in [1.165, 1.54) is 18.4 Å². The van der Waals surface area contributed by atoms with Crippen LogP contribution < -0.4 is 5.32 Å². The molecule has 0 saturated carbocycles. The minimum atomic E-state index is 0.687. The van der Waals surface area contributed by atoms with Crippen molar-refractivity contribution in [2.45, 2.75) is 31.6 Å². The summed E-state index contributed by atoms with van der Waals surface area (Å²) in [6, 6.07) is 8.39. The average Bonchev–Trinajstić information content (AvgIpc) is 2.77. The molecule has 2 nitrogen and oxygen atoms in total. The zero-order valence-corrected chi connectivity index (χ0v) is 12.4. The Labute approximate surface area is 115 Å². The van der Waals surface area contributed by atoms with Crippen LogP contribution in [-0.4, -0.2) is 17.0 Å². The standard InChI is InChI=1S/C13H17BrN2S/c1-2-3-12-9-16-13(17-12)15-8-10-4-6-11(14)7-5-10/h4-7,12H,2-3,8-9H2,1H3,(H,15,16). The summed E-state index contributed by atoms with van der Waals surface area (Å²) in [5.41, 5.74) is 1.29. The number of hydrogen-bond acceptors (Lipinski definition) is 3. The van der Waals surface area contributed by atoms with Crippen molar-refractivity contribution in [3.05, 3.63) is 34.3 Å². The van der Waals surface area contributed by atoms with Crippen LogP contribution in [0.15, 0.2) is 33.7 Å². The number of halogens is 1. The van der Waals surface area contributed by atoms with Crippen molar-refractivity contribution in [3.8, 4) is 0 Å². The van der Waals surface area contributed by atoms with E-state index in [-0.39, 0.29) is 0 Å². The lowest BCUT2D eigenvalue weighted by Crippen LogP contribution is -2.18. The van der Waals surface area contributed by atoms with Crippen molar-refractivity contribution in [1.82, 2.24) is 5.32 Å². The molecule has 0 aliphatic carbocycles. The van der Waals surface area contributed by atoms with Gasteiger partial charge in [0.15, 0.2) is 5.17 Å². The first-order chi connectivity index (χ1) is 8.28. The van der Waals surface area contributed by atoms with E-state index in [1.807, 2.05) is 11.8 Å². The van der Waals surface area contributed by atoms with Gasteiger partial charge in [-0.05, 0) is 24.1 Å². The Kier molecular flexibility index (Phi) is 4.92. The second-order valence-electron chi connectivity index (χ2n) is 4.15. The lowest BCUT2D eigenvalue weighted by atomic mass is 10.2. The Morgan fingerprint density at radius 1 is 1.41 bits per heavy atom. The predicted octanol–water partition coefficient (Wildman–Crippen LogP) is 3.81. The Morgan fingerprint density at radius 3 is 2.88 bits per heavy atom. The molecule has 92 valence electrons. The molecular weight excluding hydrogens is 296 g/mol. The van der Waals surface area contributed by atoms with Crippen molar-refractivity contribution < 1.29 is 0 Å². The van der Waals surface area contributed by atoms with Gasteiger partial charge in [0, 0.05) is 16.3 Å². The molecule has 1 aliphatic rings. The van der Waals surface area contributed by atoms with Gasteiger partial charge in [-0.2, -0.15) is 0 Å². The molecule has 1 N–H and O–H groups in total. The molecule has 0 radical (unpaired) electrons. The highest BCUT2D eigenvalue weighted by Gasteiger charge is 2.17. The highest BCUT2D eigenvalue weighted by Crippen LogP contribution is 2.23. The van der Waals surface area contributed by atoms with Crippen LogP contribution in [-0.2, 0) is 6.54 Å². The van der Waals surface area contributed by atoms with Gasteiger partial charge < -0.3 is 5.32 Å². The zero-order chi connectivity index (χ0) is 12.1. The molecule has 0 saturated heterocycles. The normalized spacial score (nSPS) is 19.2. The molecule has 0 amide bonds. The molecule has 0 bridgehead atoms. The molecular formula is C13H17BrN2S. The maximum atomic E-state index is 4.53. The Bertz CT molecular complexity index is 389. The maximum absolute atomic E-state index is 4.53. The summed E-state index contributed by atoms with van der Waals surface area (Å²) in [5.74, 6) is 0. The predicted molar refractivity (Wildman–Crippen MR) is 79.6 cm³/mol. The van der Waals surface area contributed by atoms with Gasteiger partial charge in [-0.1, -0.05) is 53.2 Å². The SMILES string of the molecule is CCCC1CN=C(NCc2ccc(Br)cc2)S1. The number of benzene rings is 1. The number of hydrogen-bond donors (Lipinski definition) is 1. The number of nitrogens with zero attached hydrogens (tertiary/aromatic N) is 1. The van der Waals surface area contributed by atoms with Gasteiger partial charge in [0.2, 0.25) is 0 Å². The monoisotopic (exact) mass is 312 g/mol. The largest absolute Gasteiger partial charge is 0.361 e. The average molecular weight is 313 g/mol. The van der Waals surface area contributed by atoms with Crippen LogP contribution in [0.25, 0.3) is 0 Å². The number of thioether (sulfide) groups is 1. The van der Waals surface area contributed by atoms with E-state index in [4.69, 9.17) is 0 Å². The summed E-state index contributed by atoms with van der Waals surface area (Å²) >= 11 is 5.33.